The number of nitriles is 1. The molecule has 2 heterocycles. The summed E-state index contributed by atoms with van der Waals surface area (Å²) in [5.74, 6) is 0.601. The normalized spacial score (nSPS) is 26.4. The van der Waals surface area contributed by atoms with Gasteiger partial charge in [-0.1, -0.05) is 0 Å². The van der Waals surface area contributed by atoms with Crippen LogP contribution in [0.1, 0.15) is 33.1 Å². The smallest absolute Gasteiger partial charge is 0.0968 e. The highest BCUT2D eigenvalue weighted by molar-refractivity contribution is 5.38. The van der Waals surface area contributed by atoms with Gasteiger partial charge in [0.2, 0.25) is 0 Å². The average Bonchev–Trinajstić information content (AvgIpc) is 2.32. The molecule has 0 amide bonds. The molecule has 0 spiro atoms. The lowest BCUT2D eigenvalue weighted by Gasteiger charge is -2.31. The van der Waals surface area contributed by atoms with E-state index in [2.05, 4.69) is 23.6 Å². The summed E-state index contributed by atoms with van der Waals surface area (Å²) in [5, 5.41) is 15.9. The van der Waals surface area contributed by atoms with Crippen molar-refractivity contribution in [3.8, 4) is 6.07 Å². The molecule has 0 radical (unpaired) electrons. The van der Waals surface area contributed by atoms with Crippen LogP contribution in [0.5, 0.6) is 0 Å². The van der Waals surface area contributed by atoms with Gasteiger partial charge >= 0.3 is 0 Å². The highest BCUT2D eigenvalue weighted by atomic mass is 15.0. The molecule has 0 bridgehead atoms. The molecule has 2 aliphatic rings. The minimum atomic E-state index is 0.601. The van der Waals surface area contributed by atoms with Crippen LogP contribution in [0.25, 0.3) is 0 Å². The number of allylic oxidation sites excluding steroid dienone is 3. The third-order valence-corrected chi connectivity index (χ3v) is 3.52. The Labute approximate surface area is 97.2 Å². The Morgan fingerprint density at radius 3 is 2.81 bits per heavy atom. The first-order chi connectivity index (χ1) is 7.72. The van der Waals surface area contributed by atoms with Gasteiger partial charge < -0.3 is 10.6 Å². The van der Waals surface area contributed by atoms with Crippen molar-refractivity contribution in [1.29, 1.82) is 5.26 Å². The predicted molar refractivity (Wildman–Crippen MR) is 64.4 cm³/mol. The van der Waals surface area contributed by atoms with Gasteiger partial charge in [0.1, 0.15) is 0 Å². The van der Waals surface area contributed by atoms with E-state index in [0.717, 1.165) is 30.8 Å². The van der Waals surface area contributed by atoms with Crippen LogP contribution in [0.15, 0.2) is 22.5 Å². The van der Waals surface area contributed by atoms with Gasteiger partial charge in [-0.2, -0.15) is 5.26 Å². The van der Waals surface area contributed by atoms with Crippen LogP contribution in [0, 0.1) is 17.2 Å². The molecule has 16 heavy (non-hydrogen) atoms. The first-order valence-electron chi connectivity index (χ1n) is 5.99. The SMILES string of the molecule is CC1=C(C2CCCNC2)NC(C)=C(C#N)C1. The fourth-order valence-corrected chi connectivity index (χ4v) is 2.55. The molecule has 3 nitrogen and oxygen atoms in total. The van der Waals surface area contributed by atoms with Crippen molar-refractivity contribution in [2.24, 2.45) is 5.92 Å². The van der Waals surface area contributed by atoms with Crippen LogP contribution in [-0.4, -0.2) is 13.1 Å². The molecule has 0 aromatic rings. The summed E-state index contributed by atoms with van der Waals surface area (Å²) >= 11 is 0. The molecular weight excluding hydrogens is 198 g/mol. The summed E-state index contributed by atoms with van der Waals surface area (Å²) in [5.41, 5.74) is 4.60. The maximum absolute atomic E-state index is 8.99. The van der Waals surface area contributed by atoms with Crippen molar-refractivity contribution in [2.45, 2.75) is 33.1 Å². The molecule has 2 aliphatic heterocycles. The van der Waals surface area contributed by atoms with Gasteiger partial charge in [0.05, 0.1) is 11.6 Å². The van der Waals surface area contributed by atoms with Gasteiger partial charge in [0.15, 0.2) is 0 Å². The summed E-state index contributed by atoms with van der Waals surface area (Å²) in [4.78, 5) is 0. The number of nitrogens with zero attached hydrogens (tertiary/aromatic N) is 1. The Hall–Kier alpha value is -1.27. The molecule has 2 rings (SSSR count). The summed E-state index contributed by atoms with van der Waals surface area (Å²) in [6.45, 7) is 6.35. The fraction of sp³-hybridized carbons (Fsp3) is 0.615. The minimum absolute atomic E-state index is 0.601. The van der Waals surface area contributed by atoms with E-state index in [1.54, 1.807) is 0 Å². The van der Waals surface area contributed by atoms with Crippen LogP contribution in [-0.2, 0) is 0 Å². The first kappa shape index (κ1) is 11.2. The van der Waals surface area contributed by atoms with Crippen LogP contribution in [0.2, 0.25) is 0 Å². The van der Waals surface area contributed by atoms with Crippen molar-refractivity contribution in [3.05, 3.63) is 22.5 Å². The van der Waals surface area contributed by atoms with Crippen LogP contribution >= 0.6 is 0 Å². The second-order valence-corrected chi connectivity index (χ2v) is 4.75. The second-order valence-electron chi connectivity index (χ2n) is 4.75. The third kappa shape index (κ3) is 2.12. The number of piperidine rings is 1. The van der Waals surface area contributed by atoms with E-state index < -0.39 is 0 Å². The molecule has 2 N–H and O–H groups in total. The maximum atomic E-state index is 8.99. The van der Waals surface area contributed by atoms with Gasteiger partial charge in [-0.15, -0.1) is 0 Å². The summed E-state index contributed by atoms with van der Waals surface area (Å²) in [6, 6.07) is 2.27. The second kappa shape index (κ2) is 4.71. The van der Waals surface area contributed by atoms with E-state index in [-0.39, 0.29) is 0 Å². The number of nitrogens with one attached hydrogen (secondary N) is 2. The van der Waals surface area contributed by atoms with Crippen molar-refractivity contribution in [3.63, 3.8) is 0 Å². The van der Waals surface area contributed by atoms with Crippen molar-refractivity contribution < 1.29 is 0 Å². The zero-order valence-electron chi connectivity index (χ0n) is 10.1. The highest BCUT2D eigenvalue weighted by Gasteiger charge is 2.23. The monoisotopic (exact) mass is 217 g/mol. The molecule has 1 saturated heterocycles. The predicted octanol–water partition coefficient (Wildman–Crippen LogP) is 2.05. The van der Waals surface area contributed by atoms with Crippen molar-refractivity contribution >= 4 is 0 Å². The van der Waals surface area contributed by atoms with Crippen LogP contribution in [0.4, 0.5) is 0 Å². The number of dihydropyridines is 1. The van der Waals surface area contributed by atoms with E-state index in [1.165, 1.54) is 24.1 Å². The topological polar surface area (TPSA) is 47.8 Å². The summed E-state index contributed by atoms with van der Waals surface area (Å²) in [7, 11) is 0. The molecule has 0 aliphatic carbocycles. The maximum Gasteiger partial charge on any atom is 0.0968 e. The van der Waals surface area contributed by atoms with Crippen LogP contribution < -0.4 is 10.6 Å². The number of rotatable bonds is 1. The lowest BCUT2D eigenvalue weighted by Crippen LogP contribution is -2.36. The molecule has 0 saturated carbocycles. The largest absolute Gasteiger partial charge is 0.361 e. The molecule has 0 aromatic carbocycles. The van der Waals surface area contributed by atoms with Gasteiger partial charge in [0.25, 0.3) is 0 Å². The Morgan fingerprint density at radius 1 is 1.38 bits per heavy atom. The Morgan fingerprint density at radius 2 is 2.19 bits per heavy atom. The summed E-state index contributed by atoms with van der Waals surface area (Å²) in [6.07, 6.45) is 3.32. The standard InChI is InChI=1S/C13H19N3/c1-9-6-12(7-14)10(2)16-13(9)11-4-3-5-15-8-11/h11,15-16H,3-6,8H2,1-2H3. The quantitative estimate of drug-likeness (QED) is 0.706. The van der Waals surface area contributed by atoms with Crippen molar-refractivity contribution in [1.82, 2.24) is 10.6 Å². The number of hydrogen-bond donors (Lipinski definition) is 2. The molecule has 1 fully saturated rings. The van der Waals surface area contributed by atoms with Crippen molar-refractivity contribution in [2.75, 3.05) is 13.1 Å². The molecule has 0 aromatic heterocycles. The molecule has 3 heteroatoms. The Kier molecular flexibility index (Phi) is 3.31. The van der Waals surface area contributed by atoms with E-state index >= 15 is 0 Å². The molecule has 1 atom stereocenters. The zero-order valence-corrected chi connectivity index (χ0v) is 10.1. The molecule has 1 unspecified atom stereocenters. The first-order valence-corrected chi connectivity index (χ1v) is 5.99. The fourth-order valence-electron chi connectivity index (χ4n) is 2.55. The van der Waals surface area contributed by atoms with E-state index in [9.17, 15) is 0 Å². The summed E-state index contributed by atoms with van der Waals surface area (Å²) < 4.78 is 0. The molecule has 86 valence electrons. The zero-order chi connectivity index (χ0) is 11.5. The average molecular weight is 217 g/mol. The Bertz CT molecular complexity index is 378. The van der Waals surface area contributed by atoms with E-state index in [4.69, 9.17) is 5.26 Å². The molecular formula is C13H19N3. The third-order valence-electron chi connectivity index (χ3n) is 3.52. The highest BCUT2D eigenvalue weighted by Crippen LogP contribution is 2.28. The lowest BCUT2D eigenvalue weighted by atomic mass is 9.89. The van der Waals surface area contributed by atoms with Gasteiger partial charge in [0, 0.05) is 30.3 Å². The Balaban J connectivity index is 2.14. The number of hydrogen-bond acceptors (Lipinski definition) is 3. The van der Waals surface area contributed by atoms with E-state index in [1.807, 2.05) is 6.92 Å². The van der Waals surface area contributed by atoms with E-state index in [0.29, 0.717) is 5.92 Å². The lowest BCUT2D eigenvalue weighted by molar-refractivity contribution is 0.405. The van der Waals surface area contributed by atoms with Gasteiger partial charge in [-0.3, -0.25) is 0 Å². The minimum Gasteiger partial charge on any atom is -0.361 e. The van der Waals surface area contributed by atoms with Gasteiger partial charge in [-0.05, 0) is 38.8 Å². The van der Waals surface area contributed by atoms with Crippen LogP contribution in [0.3, 0.4) is 0 Å². The van der Waals surface area contributed by atoms with Gasteiger partial charge in [-0.25, -0.2) is 0 Å².